The largest absolute Gasteiger partial charge is 0.497 e. The van der Waals surface area contributed by atoms with Gasteiger partial charge in [-0.05, 0) is 36.2 Å². The lowest BCUT2D eigenvalue weighted by atomic mass is 10.1. The molecule has 0 aliphatic carbocycles. The van der Waals surface area contributed by atoms with Crippen LogP contribution in [0.2, 0.25) is 5.02 Å². The molecule has 4 rings (SSSR count). The third-order valence-corrected chi connectivity index (χ3v) is 5.59. The van der Waals surface area contributed by atoms with E-state index in [-0.39, 0.29) is 0 Å². The van der Waals surface area contributed by atoms with Crippen molar-refractivity contribution in [3.63, 3.8) is 0 Å². The van der Waals surface area contributed by atoms with Gasteiger partial charge in [0.05, 0.1) is 12.5 Å². The van der Waals surface area contributed by atoms with Gasteiger partial charge in [0.15, 0.2) is 0 Å². The second-order valence-corrected chi connectivity index (χ2v) is 7.39. The highest BCUT2D eigenvalue weighted by atomic mass is 35.5. The molecule has 4 nitrogen and oxygen atoms in total. The summed E-state index contributed by atoms with van der Waals surface area (Å²) in [4.78, 5) is 10.2. The van der Waals surface area contributed by atoms with Crippen molar-refractivity contribution in [1.29, 1.82) is 0 Å². The van der Waals surface area contributed by atoms with Gasteiger partial charge in [0, 0.05) is 22.5 Å². The first-order chi connectivity index (χ1) is 13.2. The predicted octanol–water partition coefficient (Wildman–Crippen LogP) is 5.94. The molecule has 6 heteroatoms. The first-order valence-corrected chi connectivity index (χ1v) is 9.79. The maximum Gasteiger partial charge on any atom is 0.139 e. The molecule has 0 unspecified atom stereocenters. The number of hydrogen-bond donors (Lipinski definition) is 1. The van der Waals surface area contributed by atoms with Gasteiger partial charge in [0.25, 0.3) is 0 Å². The molecule has 27 heavy (non-hydrogen) atoms. The summed E-state index contributed by atoms with van der Waals surface area (Å²) in [6.45, 7) is 2.51. The van der Waals surface area contributed by atoms with E-state index in [1.54, 1.807) is 18.4 Å². The summed E-state index contributed by atoms with van der Waals surface area (Å²) >= 11 is 7.92. The van der Waals surface area contributed by atoms with Gasteiger partial charge in [0.1, 0.15) is 22.2 Å². The number of rotatable bonds is 5. The van der Waals surface area contributed by atoms with Crippen molar-refractivity contribution in [3.8, 4) is 16.9 Å². The van der Waals surface area contributed by atoms with E-state index in [4.69, 9.17) is 16.3 Å². The van der Waals surface area contributed by atoms with Crippen molar-refractivity contribution in [3.05, 3.63) is 70.3 Å². The Kier molecular flexibility index (Phi) is 4.97. The zero-order valence-corrected chi connectivity index (χ0v) is 16.6. The molecule has 0 atom stereocenters. The van der Waals surface area contributed by atoms with Gasteiger partial charge >= 0.3 is 0 Å². The second kappa shape index (κ2) is 7.55. The van der Waals surface area contributed by atoms with Crippen molar-refractivity contribution < 1.29 is 4.74 Å². The topological polar surface area (TPSA) is 47.0 Å². The molecular weight excluding hydrogens is 378 g/mol. The van der Waals surface area contributed by atoms with Gasteiger partial charge in [0.2, 0.25) is 0 Å². The number of aryl methyl sites for hydroxylation is 1. The number of hydrogen-bond acceptors (Lipinski definition) is 5. The first-order valence-electron chi connectivity index (χ1n) is 8.53. The molecule has 2 aromatic carbocycles. The quantitative estimate of drug-likeness (QED) is 0.454. The number of methoxy groups -OCH3 is 1. The SMILES string of the molecule is COc1ccc(-c2csc3nc(C)nc(NCc4ccccc4Cl)c23)cc1. The van der Waals surface area contributed by atoms with Crippen LogP contribution in [0.1, 0.15) is 11.4 Å². The molecule has 0 radical (unpaired) electrons. The molecule has 136 valence electrons. The lowest BCUT2D eigenvalue weighted by Gasteiger charge is -2.11. The fraction of sp³-hybridized carbons (Fsp3) is 0.143. The van der Waals surface area contributed by atoms with Gasteiger partial charge in [-0.1, -0.05) is 41.9 Å². The third-order valence-electron chi connectivity index (χ3n) is 4.35. The first kappa shape index (κ1) is 17.8. The zero-order valence-electron chi connectivity index (χ0n) is 15.0. The van der Waals surface area contributed by atoms with E-state index in [1.807, 2.05) is 43.3 Å². The molecule has 0 aliphatic heterocycles. The molecule has 0 bridgehead atoms. The van der Waals surface area contributed by atoms with Crippen LogP contribution >= 0.6 is 22.9 Å². The molecule has 0 saturated heterocycles. The Labute approximate surface area is 166 Å². The summed E-state index contributed by atoms with van der Waals surface area (Å²) in [5.74, 6) is 2.40. The number of halogens is 1. The molecule has 2 heterocycles. The van der Waals surface area contributed by atoms with E-state index < -0.39 is 0 Å². The van der Waals surface area contributed by atoms with E-state index >= 15 is 0 Å². The van der Waals surface area contributed by atoms with Crippen LogP contribution in [0.5, 0.6) is 5.75 Å². The van der Waals surface area contributed by atoms with Gasteiger partial charge < -0.3 is 10.1 Å². The van der Waals surface area contributed by atoms with Crippen molar-refractivity contribution in [2.45, 2.75) is 13.5 Å². The van der Waals surface area contributed by atoms with E-state index in [0.717, 1.165) is 49.3 Å². The summed E-state index contributed by atoms with van der Waals surface area (Å²) in [6.07, 6.45) is 0. The Morgan fingerprint density at radius 3 is 2.59 bits per heavy atom. The fourth-order valence-electron chi connectivity index (χ4n) is 2.98. The minimum Gasteiger partial charge on any atom is -0.497 e. The maximum atomic E-state index is 6.29. The number of nitrogens with one attached hydrogen (secondary N) is 1. The Hall–Kier alpha value is -2.63. The van der Waals surface area contributed by atoms with Crippen LogP contribution in [0.25, 0.3) is 21.3 Å². The summed E-state index contributed by atoms with van der Waals surface area (Å²) < 4.78 is 5.27. The van der Waals surface area contributed by atoms with Crippen LogP contribution in [0.3, 0.4) is 0 Å². The van der Waals surface area contributed by atoms with Crippen LogP contribution in [-0.4, -0.2) is 17.1 Å². The maximum absolute atomic E-state index is 6.29. The number of fused-ring (bicyclic) bond motifs is 1. The number of anilines is 1. The van der Waals surface area contributed by atoms with Gasteiger partial charge in [-0.3, -0.25) is 0 Å². The van der Waals surface area contributed by atoms with E-state index in [1.165, 1.54) is 0 Å². The minimum absolute atomic E-state index is 0.600. The normalized spacial score (nSPS) is 10.9. The summed E-state index contributed by atoms with van der Waals surface area (Å²) in [6, 6.07) is 15.9. The summed E-state index contributed by atoms with van der Waals surface area (Å²) in [5, 5.41) is 7.35. The lowest BCUT2D eigenvalue weighted by Crippen LogP contribution is -2.04. The van der Waals surface area contributed by atoms with Gasteiger partial charge in [-0.15, -0.1) is 11.3 Å². The highest BCUT2D eigenvalue weighted by Gasteiger charge is 2.15. The van der Waals surface area contributed by atoms with E-state index in [2.05, 4.69) is 32.8 Å². The van der Waals surface area contributed by atoms with Crippen molar-refractivity contribution >= 4 is 39.0 Å². The Morgan fingerprint density at radius 2 is 1.85 bits per heavy atom. The fourth-order valence-corrected chi connectivity index (χ4v) is 4.18. The number of ether oxygens (including phenoxy) is 1. The summed E-state index contributed by atoms with van der Waals surface area (Å²) in [7, 11) is 1.67. The van der Waals surface area contributed by atoms with Gasteiger partial charge in [-0.2, -0.15) is 0 Å². The smallest absolute Gasteiger partial charge is 0.139 e. The molecule has 0 amide bonds. The van der Waals surface area contributed by atoms with Gasteiger partial charge in [-0.25, -0.2) is 9.97 Å². The average Bonchev–Trinajstić information content (AvgIpc) is 3.11. The Balaban J connectivity index is 1.75. The van der Waals surface area contributed by atoms with Crippen molar-refractivity contribution in [1.82, 2.24) is 9.97 Å². The predicted molar refractivity (Wildman–Crippen MR) is 113 cm³/mol. The number of aromatic nitrogens is 2. The third kappa shape index (κ3) is 3.61. The molecule has 4 aromatic rings. The van der Waals surface area contributed by atoms with Crippen molar-refractivity contribution in [2.24, 2.45) is 0 Å². The molecule has 0 aliphatic rings. The van der Waals surface area contributed by atoms with Crippen LogP contribution in [-0.2, 0) is 6.54 Å². The molecule has 1 N–H and O–H groups in total. The molecule has 0 saturated carbocycles. The second-order valence-electron chi connectivity index (χ2n) is 6.12. The molecule has 2 aromatic heterocycles. The minimum atomic E-state index is 0.600. The lowest BCUT2D eigenvalue weighted by molar-refractivity contribution is 0.415. The Bertz CT molecular complexity index is 1090. The average molecular weight is 396 g/mol. The molecular formula is C21H18ClN3OS. The Morgan fingerprint density at radius 1 is 1.07 bits per heavy atom. The molecule has 0 spiro atoms. The number of benzene rings is 2. The monoisotopic (exact) mass is 395 g/mol. The number of thiophene rings is 1. The summed E-state index contributed by atoms with van der Waals surface area (Å²) in [5.41, 5.74) is 3.25. The zero-order chi connectivity index (χ0) is 18.8. The highest BCUT2D eigenvalue weighted by molar-refractivity contribution is 7.17. The van der Waals surface area contributed by atoms with E-state index in [9.17, 15) is 0 Å². The van der Waals surface area contributed by atoms with Crippen molar-refractivity contribution in [2.75, 3.05) is 12.4 Å². The highest BCUT2D eigenvalue weighted by Crippen LogP contribution is 2.37. The van der Waals surface area contributed by atoms with Crippen LogP contribution in [0.4, 0.5) is 5.82 Å². The number of nitrogens with zero attached hydrogens (tertiary/aromatic N) is 2. The van der Waals surface area contributed by atoms with Crippen LogP contribution in [0.15, 0.2) is 53.9 Å². The van der Waals surface area contributed by atoms with Crippen LogP contribution < -0.4 is 10.1 Å². The van der Waals surface area contributed by atoms with Crippen LogP contribution in [0, 0.1) is 6.92 Å². The standard InChI is InChI=1S/C21H18ClN3OS/c1-13-24-20(23-11-15-5-3-4-6-18(15)22)19-17(12-27-21(19)25-13)14-7-9-16(26-2)10-8-14/h3-10,12H,11H2,1-2H3,(H,23,24,25). The molecule has 0 fully saturated rings. The van der Waals surface area contributed by atoms with E-state index in [0.29, 0.717) is 6.54 Å².